The molecule has 2 N–H and O–H groups in total. The lowest BCUT2D eigenvalue weighted by molar-refractivity contribution is -0.118. The first-order valence-corrected chi connectivity index (χ1v) is 9.08. The van der Waals surface area contributed by atoms with E-state index in [4.69, 9.17) is 0 Å². The third kappa shape index (κ3) is 3.34. The van der Waals surface area contributed by atoms with E-state index in [2.05, 4.69) is 21.0 Å². The highest BCUT2D eigenvalue weighted by atomic mass is 35.5. The molecule has 4 nitrogen and oxygen atoms in total. The van der Waals surface area contributed by atoms with Gasteiger partial charge >= 0.3 is 0 Å². The topological polar surface area (TPSA) is 54.0 Å². The van der Waals surface area contributed by atoms with E-state index in [1.807, 2.05) is 31.2 Å². The number of anilines is 1. The predicted molar refractivity (Wildman–Crippen MR) is 101 cm³/mol. The monoisotopic (exact) mass is 363 g/mol. The number of aromatic nitrogens is 1. The number of benzene rings is 1. The first-order valence-electron chi connectivity index (χ1n) is 8.20. The Morgan fingerprint density at radius 1 is 1.29 bits per heavy atom. The van der Waals surface area contributed by atoms with Crippen molar-refractivity contribution in [2.24, 2.45) is 11.3 Å². The minimum Gasteiger partial charge on any atom is -0.326 e. The number of rotatable bonds is 3. The maximum absolute atomic E-state index is 12.5. The lowest BCUT2D eigenvalue weighted by atomic mass is 9.92. The van der Waals surface area contributed by atoms with Crippen molar-refractivity contribution in [2.45, 2.75) is 26.2 Å². The summed E-state index contributed by atoms with van der Waals surface area (Å²) in [5.41, 5.74) is 3.31. The second kappa shape index (κ2) is 6.82. The fourth-order valence-corrected chi connectivity index (χ4v) is 4.41. The minimum atomic E-state index is 0. The number of nitrogens with one attached hydrogen (secondary N) is 2. The lowest BCUT2D eigenvalue weighted by Crippen LogP contribution is -2.31. The molecule has 0 radical (unpaired) electrons. The van der Waals surface area contributed by atoms with Gasteiger partial charge in [0.2, 0.25) is 5.91 Å². The number of carbonyl (C=O) groups is 1. The molecule has 128 valence electrons. The molecular formula is C18H22ClN3OS. The van der Waals surface area contributed by atoms with Crippen molar-refractivity contribution in [2.75, 3.05) is 18.4 Å². The van der Waals surface area contributed by atoms with Crippen LogP contribution in [-0.2, 0) is 4.79 Å². The molecule has 1 saturated heterocycles. The van der Waals surface area contributed by atoms with Crippen molar-refractivity contribution in [3.63, 3.8) is 0 Å². The number of hydrogen-bond acceptors (Lipinski definition) is 4. The number of carbonyl (C=O) groups excluding carboxylic acids is 1. The lowest BCUT2D eigenvalue weighted by Gasteiger charge is -2.23. The molecule has 0 bridgehead atoms. The molecule has 1 aliphatic heterocycles. The summed E-state index contributed by atoms with van der Waals surface area (Å²) in [7, 11) is 0. The zero-order valence-corrected chi connectivity index (χ0v) is 15.3. The third-order valence-corrected chi connectivity index (χ3v) is 6.13. The van der Waals surface area contributed by atoms with Gasteiger partial charge in [0.05, 0.1) is 0 Å². The van der Waals surface area contributed by atoms with E-state index in [0.717, 1.165) is 54.3 Å². The molecular weight excluding hydrogens is 342 g/mol. The Hall–Kier alpha value is -1.43. The van der Waals surface area contributed by atoms with Crippen molar-refractivity contribution in [3.8, 4) is 10.6 Å². The molecule has 2 aliphatic rings. The molecule has 1 aliphatic carbocycles. The zero-order valence-electron chi connectivity index (χ0n) is 13.7. The van der Waals surface area contributed by atoms with Crippen LogP contribution in [0.5, 0.6) is 0 Å². The average molecular weight is 364 g/mol. The van der Waals surface area contributed by atoms with Gasteiger partial charge in [-0.25, -0.2) is 4.98 Å². The number of halogens is 1. The summed E-state index contributed by atoms with van der Waals surface area (Å²) in [6, 6.07) is 8.01. The van der Waals surface area contributed by atoms with Gasteiger partial charge in [0.15, 0.2) is 0 Å². The van der Waals surface area contributed by atoms with Gasteiger partial charge in [0.25, 0.3) is 0 Å². The predicted octanol–water partition coefficient (Wildman–Crippen LogP) is 3.87. The van der Waals surface area contributed by atoms with Crippen LogP contribution in [0.3, 0.4) is 0 Å². The zero-order chi connectivity index (χ0) is 15.9. The number of aryl methyl sites for hydroxylation is 1. The first-order chi connectivity index (χ1) is 11.2. The smallest absolute Gasteiger partial charge is 0.228 e. The van der Waals surface area contributed by atoms with Gasteiger partial charge in [0, 0.05) is 28.2 Å². The van der Waals surface area contributed by atoms with Gasteiger partial charge in [-0.05, 0) is 69.0 Å². The molecule has 1 atom stereocenters. The van der Waals surface area contributed by atoms with Gasteiger partial charge in [-0.15, -0.1) is 23.7 Å². The molecule has 4 rings (SSSR count). The van der Waals surface area contributed by atoms with Gasteiger partial charge in [-0.1, -0.05) is 0 Å². The summed E-state index contributed by atoms with van der Waals surface area (Å²) >= 11 is 1.65. The highest BCUT2D eigenvalue weighted by Crippen LogP contribution is 2.58. The Morgan fingerprint density at radius 2 is 2.00 bits per heavy atom. The molecule has 1 aromatic heterocycles. The standard InChI is InChI=1S/C18H21N3OS.ClH/c1-12-11-23-17(20-12)13-2-4-14(5-3-13)21-16(22)15-10-18(15)6-8-19-9-7-18;/h2-5,11,15,19H,6-10H2,1H3,(H,21,22);1H. The number of hydrogen-bond donors (Lipinski definition) is 2. The van der Waals surface area contributed by atoms with Crippen LogP contribution in [0.4, 0.5) is 5.69 Å². The molecule has 1 amide bonds. The van der Waals surface area contributed by atoms with Crippen LogP contribution in [0.15, 0.2) is 29.6 Å². The van der Waals surface area contributed by atoms with E-state index in [0.29, 0.717) is 0 Å². The Bertz CT molecular complexity index is 722. The summed E-state index contributed by atoms with van der Waals surface area (Å²) < 4.78 is 0. The Morgan fingerprint density at radius 3 is 2.62 bits per heavy atom. The quantitative estimate of drug-likeness (QED) is 0.870. The number of piperidine rings is 1. The largest absolute Gasteiger partial charge is 0.326 e. The molecule has 1 unspecified atom stereocenters. The summed E-state index contributed by atoms with van der Waals surface area (Å²) in [6.07, 6.45) is 3.32. The van der Waals surface area contributed by atoms with E-state index in [9.17, 15) is 4.79 Å². The highest BCUT2D eigenvalue weighted by Gasteiger charge is 2.57. The Labute approximate surface area is 152 Å². The Balaban J connectivity index is 0.00000169. The number of nitrogens with zero attached hydrogens (tertiary/aromatic N) is 1. The summed E-state index contributed by atoms with van der Waals surface area (Å²) in [6.45, 7) is 4.10. The van der Waals surface area contributed by atoms with Crippen LogP contribution in [0, 0.1) is 18.3 Å². The van der Waals surface area contributed by atoms with Crippen molar-refractivity contribution in [1.29, 1.82) is 0 Å². The third-order valence-electron chi connectivity index (χ3n) is 5.12. The summed E-state index contributed by atoms with van der Waals surface area (Å²) in [4.78, 5) is 17.0. The molecule has 2 heterocycles. The van der Waals surface area contributed by atoms with Gasteiger partial charge in [-0.3, -0.25) is 4.79 Å². The molecule has 2 aromatic rings. The van der Waals surface area contributed by atoms with Gasteiger partial charge in [-0.2, -0.15) is 0 Å². The van der Waals surface area contributed by atoms with Crippen molar-refractivity contribution in [1.82, 2.24) is 10.3 Å². The van der Waals surface area contributed by atoms with Gasteiger partial charge in [0.1, 0.15) is 5.01 Å². The summed E-state index contributed by atoms with van der Waals surface area (Å²) in [5.74, 6) is 0.385. The maximum atomic E-state index is 12.5. The van der Waals surface area contributed by atoms with Gasteiger partial charge < -0.3 is 10.6 Å². The fraction of sp³-hybridized carbons (Fsp3) is 0.444. The second-order valence-corrected chi connectivity index (χ2v) is 7.59. The van der Waals surface area contributed by atoms with Crippen LogP contribution in [-0.4, -0.2) is 24.0 Å². The molecule has 2 fully saturated rings. The van der Waals surface area contributed by atoms with E-state index >= 15 is 0 Å². The maximum Gasteiger partial charge on any atom is 0.228 e. The average Bonchev–Trinajstić information content (AvgIpc) is 3.07. The molecule has 6 heteroatoms. The van der Waals surface area contributed by atoms with Crippen molar-refractivity contribution in [3.05, 3.63) is 35.3 Å². The van der Waals surface area contributed by atoms with Crippen LogP contribution in [0.25, 0.3) is 10.6 Å². The first kappa shape index (κ1) is 17.4. The molecule has 1 saturated carbocycles. The molecule has 1 spiro atoms. The van der Waals surface area contributed by atoms with Crippen LogP contribution < -0.4 is 10.6 Å². The van der Waals surface area contributed by atoms with E-state index in [1.54, 1.807) is 11.3 Å². The number of thiazole rings is 1. The Kier molecular flexibility index (Phi) is 4.95. The number of amides is 1. The fourth-order valence-electron chi connectivity index (χ4n) is 3.61. The van der Waals surface area contributed by atoms with E-state index in [1.165, 1.54) is 0 Å². The van der Waals surface area contributed by atoms with Crippen molar-refractivity contribution < 1.29 is 4.79 Å². The highest BCUT2D eigenvalue weighted by molar-refractivity contribution is 7.13. The second-order valence-electron chi connectivity index (χ2n) is 6.73. The minimum absolute atomic E-state index is 0. The summed E-state index contributed by atoms with van der Waals surface area (Å²) in [5, 5.41) is 9.54. The van der Waals surface area contributed by atoms with E-state index < -0.39 is 0 Å². The molecule has 24 heavy (non-hydrogen) atoms. The SMILES string of the molecule is Cc1csc(-c2ccc(NC(=O)C3CC34CCNCC4)cc2)n1.Cl. The van der Waals surface area contributed by atoms with Crippen molar-refractivity contribution >= 4 is 35.3 Å². The van der Waals surface area contributed by atoms with E-state index in [-0.39, 0.29) is 29.6 Å². The normalized spacial score (nSPS) is 21.1. The van der Waals surface area contributed by atoms with Crippen LogP contribution in [0.2, 0.25) is 0 Å². The van der Waals surface area contributed by atoms with Crippen LogP contribution in [0.1, 0.15) is 25.0 Å². The molecule has 1 aromatic carbocycles. The van der Waals surface area contributed by atoms with Crippen LogP contribution >= 0.6 is 23.7 Å².